The molecule has 3 heteroatoms. The van der Waals surface area contributed by atoms with Crippen LogP contribution >= 0.6 is 0 Å². The van der Waals surface area contributed by atoms with Gasteiger partial charge < -0.3 is 4.98 Å². The second kappa shape index (κ2) is 3.82. The fraction of sp³-hybridized carbons (Fsp3) is 0.438. The van der Waals surface area contributed by atoms with Gasteiger partial charge in [0.1, 0.15) is 0 Å². The van der Waals surface area contributed by atoms with E-state index in [1.165, 1.54) is 47.0 Å². The molecule has 4 rings (SSSR count). The standard InChI is InChI=1S/C16H16N2O/c19-10-17-16(7-8-16)11-5-6-15-13(9-11)12-3-1-2-4-14(12)18-15/h5-6,9,18H,1-4,7-8H2. The third kappa shape index (κ3) is 1.58. The smallest absolute Gasteiger partial charge is 0.235 e. The number of fused-ring (bicyclic) bond motifs is 3. The monoisotopic (exact) mass is 252 g/mol. The number of hydrogen-bond acceptors (Lipinski definition) is 2. The summed E-state index contributed by atoms with van der Waals surface area (Å²) in [6, 6.07) is 6.49. The third-order valence-corrected chi connectivity index (χ3v) is 4.62. The lowest BCUT2D eigenvalue weighted by Gasteiger charge is -2.11. The van der Waals surface area contributed by atoms with Crippen molar-refractivity contribution in [1.82, 2.24) is 4.98 Å². The molecule has 1 N–H and O–H groups in total. The normalized spacial score (nSPS) is 19.8. The van der Waals surface area contributed by atoms with Gasteiger partial charge in [-0.1, -0.05) is 6.07 Å². The van der Waals surface area contributed by atoms with Gasteiger partial charge in [-0.15, -0.1) is 0 Å². The molecule has 0 saturated heterocycles. The van der Waals surface area contributed by atoms with Gasteiger partial charge in [0, 0.05) is 16.6 Å². The van der Waals surface area contributed by atoms with Crippen LogP contribution in [0.2, 0.25) is 0 Å². The number of carbonyl (C=O) groups excluding carboxylic acids is 1. The molecule has 1 aromatic heterocycles. The van der Waals surface area contributed by atoms with Crippen molar-refractivity contribution in [3.63, 3.8) is 0 Å². The Bertz CT molecular complexity index is 703. The van der Waals surface area contributed by atoms with Crippen LogP contribution in [-0.4, -0.2) is 11.1 Å². The molecule has 3 nitrogen and oxygen atoms in total. The van der Waals surface area contributed by atoms with Crippen LogP contribution < -0.4 is 0 Å². The van der Waals surface area contributed by atoms with Gasteiger partial charge in [0.25, 0.3) is 0 Å². The summed E-state index contributed by atoms with van der Waals surface area (Å²) in [7, 11) is 0. The number of H-pyrrole nitrogens is 1. The van der Waals surface area contributed by atoms with Crippen LogP contribution in [0.25, 0.3) is 10.9 Å². The minimum atomic E-state index is -0.255. The lowest BCUT2D eigenvalue weighted by atomic mass is 9.94. The van der Waals surface area contributed by atoms with Gasteiger partial charge in [0.2, 0.25) is 6.08 Å². The number of benzene rings is 1. The predicted molar refractivity (Wildman–Crippen MR) is 74.0 cm³/mol. The first-order chi connectivity index (χ1) is 9.32. The molecule has 19 heavy (non-hydrogen) atoms. The zero-order valence-corrected chi connectivity index (χ0v) is 10.8. The van der Waals surface area contributed by atoms with E-state index < -0.39 is 0 Å². The van der Waals surface area contributed by atoms with Crippen molar-refractivity contribution in [3.8, 4) is 0 Å². The van der Waals surface area contributed by atoms with E-state index in [1.807, 2.05) is 0 Å². The molecule has 1 saturated carbocycles. The molecule has 0 amide bonds. The fourth-order valence-corrected chi connectivity index (χ4v) is 3.37. The molecule has 2 aromatic rings. The van der Waals surface area contributed by atoms with Crippen molar-refractivity contribution in [1.29, 1.82) is 0 Å². The van der Waals surface area contributed by atoms with Gasteiger partial charge in [-0.2, -0.15) is 4.99 Å². The van der Waals surface area contributed by atoms with Crippen LogP contribution in [0.1, 0.15) is 42.5 Å². The number of hydrogen-bond donors (Lipinski definition) is 1. The van der Waals surface area contributed by atoms with Crippen molar-refractivity contribution >= 4 is 17.0 Å². The fourth-order valence-electron chi connectivity index (χ4n) is 3.37. The molecular formula is C16H16N2O. The van der Waals surface area contributed by atoms with Crippen molar-refractivity contribution < 1.29 is 4.79 Å². The Morgan fingerprint density at radius 1 is 1.21 bits per heavy atom. The molecule has 1 aromatic carbocycles. The highest BCUT2D eigenvalue weighted by molar-refractivity contribution is 5.86. The molecule has 2 aliphatic carbocycles. The van der Waals surface area contributed by atoms with Gasteiger partial charge in [0.15, 0.2) is 0 Å². The molecule has 0 aliphatic heterocycles. The summed E-state index contributed by atoms with van der Waals surface area (Å²) in [5, 5.41) is 1.33. The van der Waals surface area contributed by atoms with Crippen molar-refractivity contribution in [2.24, 2.45) is 4.99 Å². The van der Waals surface area contributed by atoms with E-state index >= 15 is 0 Å². The molecule has 96 valence electrons. The quantitative estimate of drug-likeness (QED) is 0.646. The van der Waals surface area contributed by atoms with Crippen molar-refractivity contribution in [2.75, 3.05) is 0 Å². The van der Waals surface area contributed by atoms with Crippen LogP contribution in [0.5, 0.6) is 0 Å². The second-order valence-corrected chi connectivity index (χ2v) is 5.78. The van der Waals surface area contributed by atoms with E-state index in [0.29, 0.717) is 0 Å². The van der Waals surface area contributed by atoms with Gasteiger partial charge >= 0.3 is 0 Å². The minimum absolute atomic E-state index is 0.255. The third-order valence-electron chi connectivity index (χ3n) is 4.62. The number of aromatic nitrogens is 1. The number of aryl methyl sites for hydroxylation is 2. The number of nitrogens with zero attached hydrogens (tertiary/aromatic N) is 1. The number of nitrogens with one attached hydrogen (secondary N) is 1. The van der Waals surface area contributed by atoms with E-state index in [0.717, 1.165) is 19.3 Å². The number of isocyanates is 1. The van der Waals surface area contributed by atoms with Gasteiger partial charge in [-0.05, 0) is 61.8 Å². The molecule has 1 heterocycles. The van der Waals surface area contributed by atoms with Crippen LogP contribution in [0.4, 0.5) is 0 Å². The van der Waals surface area contributed by atoms with Gasteiger partial charge in [0.05, 0.1) is 5.54 Å². The summed E-state index contributed by atoms with van der Waals surface area (Å²) in [6.45, 7) is 0. The Hall–Kier alpha value is -1.86. The molecule has 0 unspecified atom stereocenters. The maximum absolute atomic E-state index is 10.6. The molecule has 0 atom stereocenters. The maximum Gasteiger partial charge on any atom is 0.235 e. The molecular weight excluding hydrogens is 236 g/mol. The summed E-state index contributed by atoms with van der Waals surface area (Å²) in [6.07, 6.45) is 8.58. The van der Waals surface area contributed by atoms with Gasteiger partial charge in [-0.25, -0.2) is 4.79 Å². The van der Waals surface area contributed by atoms with E-state index in [2.05, 4.69) is 28.2 Å². The first-order valence-corrected chi connectivity index (χ1v) is 7.05. The Kier molecular flexibility index (Phi) is 2.21. The summed E-state index contributed by atoms with van der Waals surface area (Å²) < 4.78 is 0. The summed E-state index contributed by atoms with van der Waals surface area (Å²) in [5.41, 5.74) is 5.03. The summed E-state index contributed by atoms with van der Waals surface area (Å²) in [4.78, 5) is 18.1. The lowest BCUT2D eigenvalue weighted by molar-refractivity contribution is 0.556. The van der Waals surface area contributed by atoms with Crippen LogP contribution in [0.3, 0.4) is 0 Å². The first-order valence-electron chi connectivity index (χ1n) is 7.05. The van der Waals surface area contributed by atoms with Crippen molar-refractivity contribution in [3.05, 3.63) is 35.0 Å². The second-order valence-electron chi connectivity index (χ2n) is 5.78. The highest BCUT2D eigenvalue weighted by Crippen LogP contribution is 2.50. The van der Waals surface area contributed by atoms with Crippen LogP contribution in [-0.2, 0) is 23.2 Å². The van der Waals surface area contributed by atoms with Crippen LogP contribution in [0.15, 0.2) is 23.2 Å². The average Bonchev–Trinajstić information content (AvgIpc) is 3.13. The Morgan fingerprint density at radius 3 is 2.84 bits per heavy atom. The lowest BCUT2D eigenvalue weighted by Crippen LogP contribution is -2.02. The summed E-state index contributed by atoms with van der Waals surface area (Å²) in [5.74, 6) is 0. The molecule has 1 fully saturated rings. The molecule has 2 aliphatic rings. The highest BCUT2D eigenvalue weighted by atomic mass is 16.1. The zero-order chi connectivity index (χ0) is 12.9. The zero-order valence-electron chi connectivity index (χ0n) is 10.8. The van der Waals surface area contributed by atoms with Crippen molar-refractivity contribution in [2.45, 2.75) is 44.1 Å². The van der Waals surface area contributed by atoms with E-state index in [-0.39, 0.29) is 5.54 Å². The van der Waals surface area contributed by atoms with Gasteiger partial charge in [-0.3, -0.25) is 0 Å². The maximum atomic E-state index is 10.6. The molecule has 0 spiro atoms. The number of aromatic amines is 1. The minimum Gasteiger partial charge on any atom is -0.358 e. The highest BCUT2D eigenvalue weighted by Gasteiger charge is 2.45. The largest absolute Gasteiger partial charge is 0.358 e. The number of aliphatic imine (C=N–C) groups is 1. The average molecular weight is 252 g/mol. The number of rotatable bonds is 2. The topological polar surface area (TPSA) is 45.2 Å². The summed E-state index contributed by atoms with van der Waals surface area (Å²) >= 11 is 0. The molecule has 0 bridgehead atoms. The van der Waals surface area contributed by atoms with Crippen LogP contribution in [0, 0.1) is 0 Å². The first kappa shape index (κ1) is 11.0. The SMILES string of the molecule is O=C=NC1(c2ccc3[nH]c4c(c3c2)CCCC4)CC1. The Labute approximate surface area is 111 Å². The van der Waals surface area contributed by atoms with E-state index in [1.54, 1.807) is 6.08 Å². The molecule has 0 radical (unpaired) electrons. The van der Waals surface area contributed by atoms with E-state index in [9.17, 15) is 4.79 Å². The Balaban J connectivity index is 1.89. The predicted octanol–water partition coefficient (Wildman–Crippen LogP) is 3.37. The van der Waals surface area contributed by atoms with E-state index in [4.69, 9.17) is 0 Å². The Morgan fingerprint density at radius 2 is 2.05 bits per heavy atom.